The number of hydrogen-bond acceptors (Lipinski definition) is 5. The van der Waals surface area contributed by atoms with Crippen LogP contribution in [0.1, 0.15) is 19.4 Å². The second-order valence-corrected chi connectivity index (χ2v) is 8.01. The first kappa shape index (κ1) is 16.1. The minimum Gasteiger partial charge on any atom is -0.492 e. The molecule has 0 N–H and O–H groups in total. The number of rotatable bonds is 4. The van der Waals surface area contributed by atoms with Gasteiger partial charge in [0.05, 0.1) is 17.4 Å². The minimum absolute atomic E-state index is 0.00251. The molecule has 1 aromatic carbocycles. The Labute approximate surface area is 128 Å². The molecule has 1 aliphatic rings. The lowest BCUT2D eigenvalue weighted by Crippen LogP contribution is -2.30. The van der Waals surface area contributed by atoms with Gasteiger partial charge in [0.25, 0.3) is 9.05 Å². The van der Waals surface area contributed by atoms with Crippen molar-refractivity contribution in [1.29, 1.82) is 0 Å². The summed E-state index contributed by atoms with van der Waals surface area (Å²) < 4.78 is 33.4. The molecule has 0 saturated heterocycles. The standard InChI is InChI=1S/C14H17ClO5S/c1-9(2)7-20-14(16)11-5-10-6-12(21(15,17)18)3-4-13(10)19-8-11/h3-4,6,9,11H,5,7-8H2,1-2H3. The van der Waals surface area contributed by atoms with Gasteiger partial charge in [-0.1, -0.05) is 13.8 Å². The van der Waals surface area contributed by atoms with E-state index in [4.69, 9.17) is 20.2 Å². The molecule has 0 aromatic heterocycles. The van der Waals surface area contributed by atoms with E-state index in [-0.39, 0.29) is 23.4 Å². The molecule has 21 heavy (non-hydrogen) atoms. The summed E-state index contributed by atoms with van der Waals surface area (Å²) in [7, 11) is 1.53. The number of benzene rings is 1. The van der Waals surface area contributed by atoms with Crippen molar-refractivity contribution in [2.75, 3.05) is 13.2 Å². The van der Waals surface area contributed by atoms with Crippen LogP contribution in [-0.2, 0) is 25.0 Å². The predicted octanol–water partition coefficient (Wildman–Crippen LogP) is 2.36. The largest absolute Gasteiger partial charge is 0.492 e. The second kappa shape index (κ2) is 6.23. The Morgan fingerprint density at radius 1 is 1.48 bits per heavy atom. The maximum atomic E-state index is 11.9. The van der Waals surface area contributed by atoms with Crippen LogP contribution in [0.15, 0.2) is 23.1 Å². The molecular formula is C14H17ClO5S. The summed E-state index contributed by atoms with van der Waals surface area (Å²) in [5, 5.41) is 0. The fourth-order valence-electron chi connectivity index (χ4n) is 2.04. The van der Waals surface area contributed by atoms with Crippen molar-refractivity contribution in [3.05, 3.63) is 23.8 Å². The highest BCUT2D eigenvalue weighted by Crippen LogP contribution is 2.31. The van der Waals surface area contributed by atoms with Crippen LogP contribution in [0.25, 0.3) is 0 Å². The van der Waals surface area contributed by atoms with Crippen LogP contribution in [0.2, 0.25) is 0 Å². The summed E-state index contributed by atoms with van der Waals surface area (Å²) in [6, 6.07) is 4.39. The van der Waals surface area contributed by atoms with Crippen LogP contribution in [0, 0.1) is 11.8 Å². The smallest absolute Gasteiger partial charge is 0.312 e. The maximum Gasteiger partial charge on any atom is 0.312 e. The van der Waals surface area contributed by atoms with Gasteiger partial charge in [-0.3, -0.25) is 4.79 Å². The number of fused-ring (bicyclic) bond motifs is 1. The third-order valence-electron chi connectivity index (χ3n) is 3.11. The Hall–Kier alpha value is -1.27. The third kappa shape index (κ3) is 4.11. The summed E-state index contributed by atoms with van der Waals surface area (Å²) in [6.07, 6.45) is 0.381. The van der Waals surface area contributed by atoms with Crippen molar-refractivity contribution in [1.82, 2.24) is 0 Å². The highest BCUT2D eigenvalue weighted by atomic mass is 35.7. The number of ether oxygens (including phenoxy) is 2. The molecule has 7 heteroatoms. The maximum absolute atomic E-state index is 11.9. The summed E-state index contributed by atoms with van der Waals surface area (Å²) in [4.78, 5) is 12.0. The van der Waals surface area contributed by atoms with Gasteiger partial charge in [-0.05, 0) is 36.1 Å². The fourth-order valence-corrected chi connectivity index (χ4v) is 2.84. The molecule has 1 atom stereocenters. The molecule has 0 aliphatic carbocycles. The number of hydrogen-bond donors (Lipinski definition) is 0. The molecule has 5 nitrogen and oxygen atoms in total. The van der Waals surface area contributed by atoms with E-state index < -0.39 is 15.0 Å². The van der Waals surface area contributed by atoms with E-state index in [1.54, 1.807) is 6.07 Å². The SMILES string of the molecule is CC(C)COC(=O)C1COc2ccc(S(=O)(=O)Cl)cc2C1. The molecule has 116 valence electrons. The van der Waals surface area contributed by atoms with Crippen LogP contribution in [0.4, 0.5) is 0 Å². The molecule has 1 unspecified atom stereocenters. The van der Waals surface area contributed by atoms with Crippen LogP contribution < -0.4 is 4.74 Å². The van der Waals surface area contributed by atoms with Crippen LogP contribution >= 0.6 is 10.7 Å². The van der Waals surface area contributed by atoms with Crippen molar-refractivity contribution in [2.45, 2.75) is 25.2 Å². The molecule has 0 saturated carbocycles. The first-order valence-electron chi connectivity index (χ1n) is 6.64. The van der Waals surface area contributed by atoms with Gasteiger partial charge in [-0.15, -0.1) is 0 Å². The average molecular weight is 333 g/mol. The molecule has 0 spiro atoms. The quantitative estimate of drug-likeness (QED) is 0.625. The van der Waals surface area contributed by atoms with Crippen molar-refractivity contribution in [3.8, 4) is 5.75 Å². The van der Waals surface area contributed by atoms with Crippen LogP contribution in [-0.4, -0.2) is 27.6 Å². The van der Waals surface area contributed by atoms with Gasteiger partial charge in [-0.2, -0.15) is 0 Å². The van der Waals surface area contributed by atoms with Gasteiger partial charge >= 0.3 is 5.97 Å². The second-order valence-electron chi connectivity index (χ2n) is 5.44. The van der Waals surface area contributed by atoms with Crippen LogP contribution in [0.5, 0.6) is 5.75 Å². The zero-order chi connectivity index (χ0) is 15.6. The lowest BCUT2D eigenvalue weighted by molar-refractivity contribution is -0.151. The molecule has 2 rings (SSSR count). The Morgan fingerprint density at radius 3 is 2.81 bits per heavy atom. The Bertz CT molecular complexity index is 639. The summed E-state index contributed by atoms with van der Waals surface area (Å²) >= 11 is 0. The van der Waals surface area contributed by atoms with E-state index in [1.807, 2.05) is 13.8 Å². The molecule has 1 heterocycles. The van der Waals surface area contributed by atoms with Gasteiger partial charge in [-0.25, -0.2) is 8.42 Å². The molecule has 1 aliphatic heterocycles. The number of esters is 1. The zero-order valence-electron chi connectivity index (χ0n) is 11.8. The topological polar surface area (TPSA) is 69.7 Å². The molecule has 1 aromatic rings. The van der Waals surface area contributed by atoms with Crippen molar-refractivity contribution < 1.29 is 22.7 Å². The first-order chi connectivity index (χ1) is 9.77. The number of halogens is 1. The molecule has 0 fully saturated rings. The molecule has 0 radical (unpaired) electrons. The van der Waals surface area contributed by atoms with E-state index in [9.17, 15) is 13.2 Å². The van der Waals surface area contributed by atoms with E-state index in [2.05, 4.69) is 0 Å². The van der Waals surface area contributed by atoms with Crippen LogP contribution in [0.3, 0.4) is 0 Å². The predicted molar refractivity (Wildman–Crippen MR) is 78.0 cm³/mol. The lowest BCUT2D eigenvalue weighted by atomic mass is 9.97. The normalized spacial score (nSPS) is 18.0. The monoisotopic (exact) mass is 332 g/mol. The van der Waals surface area contributed by atoms with Gasteiger partial charge in [0.15, 0.2) is 0 Å². The lowest BCUT2D eigenvalue weighted by Gasteiger charge is -2.24. The molecular weight excluding hydrogens is 316 g/mol. The Balaban J connectivity index is 2.13. The number of carbonyl (C=O) groups is 1. The van der Waals surface area contributed by atoms with Crippen molar-refractivity contribution >= 4 is 25.7 Å². The third-order valence-corrected chi connectivity index (χ3v) is 4.46. The van der Waals surface area contributed by atoms with Crippen molar-refractivity contribution in [3.63, 3.8) is 0 Å². The average Bonchev–Trinajstić information content (AvgIpc) is 2.42. The molecule has 0 bridgehead atoms. The fraction of sp³-hybridized carbons (Fsp3) is 0.500. The minimum atomic E-state index is -3.80. The van der Waals surface area contributed by atoms with Gasteiger partial charge in [0, 0.05) is 10.7 Å². The molecule has 0 amide bonds. The number of carbonyl (C=O) groups excluding carboxylic acids is 1. The summed E-state index contributed by atoms with van der Waals surface area (Å²) in [5.41, 5.74) is 0.648. The summed E-state index contributed by atoms with van der Waals surface area (Å²) in [6.45, 7) is 4.50. The Morgan fingerprint density at radius 2 is 2.19 bits per heavy atom. The van der Waals surface area contributed by atoms with E-state index in [0.717, 1.165) is 0 Å². The van der Waals surface area contributed by atoms with Gasteiger partial charge < -0.3 is 9.47 Å². The van der Waals surface area contributed by atoms with Gasteiger partial charge in [0.2, 0.25) is 0 Å². The highest BCUT2D eigenvalue weighted by Gasteiger charge is 2.28. The zero-order valence-corrected chi connectivity index (χ0v) is 13.4. The highest BCUT2D eigenvalue weighted by molar-refractivity contribution is 8.13. The van der Waals surface area contributed by atoms with E-state index in [1.165, 1.54) is 12.1 Å². The van der Waals surface area contributed by atoms with Gasteiger partial charge in [0.1, 0.15) is 12.4 Å². The van der Waals surface area contributed by atoms with E-state index in [0.29, 0.717) is 24.3 Å². The van der Waals surface area contributed by atoms with E-state index >= 15 is 0 Å². The Kier molecular flexibility index (Phi) is 4.78. The van der Waals surface area contributed by atoms with Crippen molar-refractivity contribution in [2.24, 2.45) is 11.8 Å². The summed E-state index contributed by atoms with van der Waals surface area (Å²) in [5.74, 6) is 0.0868. The first-order valence-corrected chi connectivity index (χ1v) is 8.95.